The van der Waals surface area contributed by atoms with Crippen molar-refractivity contribution in [2.75, 3.05) is 13.1 Å². The summed E-state index contributed by atoms with van der Waals surface area (Å²) in [5.74, 6) is 2.37. The number of fused-ring (bicyclic) bond motifs is 2. The zero-order valence-corrected chi connectivity index (χ0v) is 10.1. The minimum absolute atomic E-state index is 0.105. The molecule has 2 fully saturated rings. The van der Waals surface area contributed by atoms with Crippen LogP contribution in [0.5, 0.6) is 0 Å². The van der Waals surface area contributed by atoms with Crippen LogP contribution in [0.4, 0.5) is 4.79 Å². The first-order chi connectivity index (χ1) is 8.15. The van der Waals surface area contributed by atoms with Gasteiger partial charge < -0.3 is 16.4 Å². The highest BCUT2D eigenvalue weighted by molar-refractivity contribution is 5.76. The lowest BCUT2D eigenvalue weighted by atomic mass is 9.86. The zero-order chi connectivity index (χ0) is 12.3. The molecule has 2 bridgehead atoms. The first kappa shape index (κ1) is 12.2. The van der Waals surface area contributed by atoms with Gasteiger partial charge in [0.15, 0.2) is 0 Å². The number of carbonyl (C=O) groups is 2. The smallest absolute Gasteiger partial charge is 0.312 e. The Morgan fingerprint density at radius 1 is 1.12 bits per heavy atom. The molecular weight excluding hydrogens is 218 g/mol. The average Bonchev–Trinajstić information content (AvgIpc) is 2.86. The standard InChI is InChI=1S/C12H21N3O2/c13-12(17)15-4-3-14-11(16)7-10-6-8-1-2-9(10)5-8/h8-10H,1-7H2,(H,14,16)(H3,13,15,17). The van der Waals surface area contributed by atoms with Crippen LogP contribution in [0.15, 0.2) is 0 Å². The van der Waals surface area contributed by atoms with Gasteiger partial charge in [-0.15, -0.1) is 0 Å². The minimum Gasteiger partial charge on any atom is -0.354 e. The first-order valence-corrected chi connectivity index (χ1v) is 6.45. The molecule has 0 aliphatic heterocycles. The van der Waals surface area contributed by atoms with Gasteiger partial charge in [-0.05, 0) is 37.0 Å². The molecule has 3 atom stereocenters. The van der Waals surface area contributed by atoms with Crippen molar-refractivity contribution in [3.8, 4) is 0 Å². The molecule has 0 spiro atoms. The molecule has 5 nitrogen and oxygen atoms in total. The highest BCUT2D eigenvalue weighted by Crippen LogP contribution is 2.49. The van der Waals surface area contributed by atoms with Crippen LogP contribution in [0.3, 0.4) is 0 Å². The van der Waals surface area contributed by atoms with Gasteiger partial charge in [-0.3, -0.25) is 4.79 Å². The van der Waals surface area contributed by atoms with Crippen molar-refractivity contribution in [2.24, 2.45) is 23.5 Å². The molecule has 2 aliphatic rings. The van der Waals surface area contributed by atoms with Gasteiger partial charge in [0.25, 0.3) is 0 Å². The zero-order valence-electron chi connectivity index (χ0n) is 10.1. The van der Waals surface area contributed by atoms with Gasteiger partial charge in [0.05, 0.1) is 0 Å². The quantitative estimate of drug-likeness (QED) is 0.614. The molecule has 2 rings (SSSR count). The van der Waals surface area contributed by atoms with Gasteiger partial charge in [0.1, 0.15) is 0 Å². The number of hydrogen-bond acceptors (Lipinski definition) is 2. The maximum atomic E-state index is 11.7. The van der Waals surface area contributed by atoms with Crippen LogP contribution in [0.1, 0.15) is 32.1 Å². The number of amides is 3. The van der Waals surface area contributed by atoms with E-state index in [1.807, 2.05) is 0 Å². The van der Waals surface area contributed by atoms with E-state index in [9.17, 15) is 9.59 Å². The molecule has 5 heteroatoms. The van der Waals surface area contributed by atoms with Gasteiger partial charge in [-0.2, -0.15) is 0 Å². The van der Waals surface area contributed by atoms with Gasteiger partial charge in [-0.25, -0.2) is 4.79 Å². The molecule has 0 radical (unpaired) electrons. The predicted molar refractivity (Wildman–Crippen MR) is 64.2 cm³/mol. The van der Waals surface area contributed by atoms with Crippen LogP contribution in [0.25, 0.3) is 0 Å². The molecule has 3 amide bonds. The molecule has 96 valence electrons. The SMILES string of the molecule is NC(=O)NCCNC(=O)CC1CC2CCC1C2. The molecule has 17 heavy (non-hydrogen) atoms. The second kappa shape index (κ2) is 5.38. The summed E-state index contributed by atoms with van der Waals surface area (Å²) in [6, 6.07) is -0.549. The van der Waals surface area contributed by atoms with Crippen molar-refractivity contribution in [1.82, 2.24) is 10.6 Å². The van der Waals surface area contributed by atoms with Crippen molar-refractivity contribution >= 4 is 11.9 Å². The second-order valence-electron chi connectivity index (χ2n) is 5.28. The Labute approximate surface area is 102 Å². The summed E-state index contributed by atoms with van der Waals surface area (Å²) in [4.78, 5) is 22.1. The first-order valence-electron chi connectivity index (χ1n) is 6.45. The number of rotatable bonds is 5. The van der Waals surface area contributed by atoms with Crippen LogP contribution in [-0.4, -0.2) is 25.0 Å². The highest BCUT2D eigenvalue weighted by Gasteiger charge is 2.39. The van der Waals surface area contributed by atoms with Crippen LogP contribution in [-0.2, 0) is 4.79 Å². The van der Waals surface area contributed by atoms with Gasteiger partial charge in [-0.1, -0.05) is 6.42 Å². The summed E-state index contributed by atoms with van der Waals surface area (Å²) < 4.78 is 0. The number of urea groups is 1. The Bertz CT molecular complexity index is 306. The predicted octanol–water partition coefficient (Wildman–Crippen LogP) is 0.597. The second-order valence-corrected chi connectivity index (χ2v) is 5.28. The lowest BCUT2D eigenvalue weighted by Gasteiger charge is -2.20. The molecule has 0 heterocycles. The van der Waals surface area contributed by atoms with Crippen molar-refractivity contribution in [3.05, 3.63) is 0 Å². The molecular formula is C12H21N3O2. The third kappa shape index (κ3) is 3.35. The largest absolute Gasteiger partial charge is 0.354 e. The van der Waals surface area contributed by atoms with E-state index in [1.165, 1.54) is 25.7 Å². The van der Waals surface area contributed by atoms with E-state index in [1.54, 1.807) is 0 Å². The van der Waals surface area contributed by atoms with Gasteiger partial charge >= 0.3 is 6.03 Å². The van der Waals surface area contributed by atoms with E-state index in [0.29, 0.717) is 25.4 Å². The number of primary amides is 1. The average molecular weight is 239 g/mol. The third-order valence-electron chi connectivity index (χ3n) is 4.08. The van der Waals surface area contributed by atoms with E-state index in [4.69, 9.17) is 5.73 Å². The molecule has 4 N–H and O–H groups in total. The number of carbonyl (C=O) groups excluding carboxylic acids is 2. The summed E-state index contributed by atoms with van der Waals surface area (Å²) in [6.07, 6.45) is 5.90. The molecule has 3 unspecified atom stereocenters. The Morgan fingerprint density at radius 2 is 1.88 bits per heavy atom. The summed E-state index contributed by atoms with van der Waals surface area (Å²) in [5, 5.41) is 5.26. The maximum Gasteiger partial charge on any atom is 0.312 e. The Kier molecular flexibility index (Phi) is 3.86. The molecule has 0 aromatic rings. The fraction of sp³-hybridized carbons (Fsp3) is 0.833. The molecule has 0 saturated heterocycles. The fourth-order valence-corrected chi connectivity index (χ4v) is 3.32. The molecule has 0 aromatic heterocycles. The molecule has 2 aliphatic carbocycles. The van der Waals surface area contributed by atoms with E-state index >= 15 is 0 Å². The van der Waals surface area contributed by atoms with E-state index in [0.717, 1.165) is 11.8 Å². The maximum absolute atomic E-state index is 11.7. The van der Waals surface area contributed by atoms with Crippen LogP contribution < -0.4 is 16.4 Å². The Hall–Kier alpha value is -1.26. The van der Waals surface area contributed by atoms with Crippen LogP contribution >= 0.6 is 0 Å². The minimum atomic E-state index is -0.549. The molecule has 0 aromatic carbocycles. The fourth-order valence-electron chi connectivity index (χ4n) is 3.32. The van der Waals surface area contributed by atoms with Crippen molar-refractivity contribution in [1.29, 1.82) is 0 Å². The van der Waals surface area contributed by atoms with Crippen molar-refractivity contribution < 1.29 is 9.59 Å². The van der Waals surface area contributed by atoms with Crippen molar-refractivity contribution in [3.63, 3.8) is 0 Å². The van der Waals surface area contributed by atoms with E-state index < -0.39 is 6.03 Å². The summed E-state index contributed by atoms with van der Waals surface area (Å²) >= 11 is 0. The summed E-state index contributed by atoms with van der Waals surface area (Å²) in [5.41, 5.74) is 4.92. The van der Waals surface area contributed by atoms with E-state index in [2.05, 4.69) is 10.6 Å². The monoisotopic (exact) mass is 239 g/mol. The van der Waals surface area contributed by atoms with Gasteiger partial charge in [0, 0.05) is 19.5 Å². The number of nitrogens with one attached hydrogen (secondary N) is 2. The van der Waals surface area contributed by atoms with Crippen molar-refractivity contribution in [2.45, 2.75) is 32.1 Å². The Morgan fingerprint density at radius 3 is 2.47 bits per heavy atom. The van der Waals surface area contributed by atoms with Crippen LogP contribution in [0.2, 0.25) is 0 Å². The topological polar surface area (TPSA) is 84.2 Å². The van der Waals surface area contributed by atoms with E-state index in [-0.39, 0.29) is 5.91 Å². The highest BCUT2D eigenvalue weighted by atomic mass is 16.2. The number of hydrogen-bond donors (Lipinski definition) is 3. The van der Waals surface area contributed by atoms with Gasteiger partial charge in [0.2, 0.25) is 5.91 Å². The number of nitrogens with two attached hydrogens (primary N) is 1. The van der Waals surface area contributed by atoms with Crippen LogP contribution in [0, 0.1) is 17.8 Å². The third-order valence-corrected chi connectivity index (χ3v) is 4.08. The molecule has 2 saturated carbocycles. The lowest BCUT2D eigenvalue weighted by molar-refractivity contribution is -0.122. The lowest BCUT2D eigenvalue weighted by Crippen LogP contribution is -2.37. The summed E-state index contributed by atoms with van der Waals surface area (Å²) in [6.45, 7) is 0.861. The normalized spacial score (nSPS) is 30.2. The Balaban J connectivity index is 1.59. The summed E-state index contributed by atoms with van der Waals surface area (Å²) in [7, 11) is 0.